The molecule has 3 rings (SSSR count). The van der Waals surface area contributed by atoms with Gasteiger partial charge in [-0.2, -0.15) is 0 Å². The molecular formula is C23H23NO3. The summed E-state index contributed by atoms with van der Waals surface area (Å²) in [4.78, 5) is 12.1. The zero-order valence-corrected chi connectivity index (χ0v) is 15.4. The number of ether oxygens (including phenoxy) is 2. The molecule has 4 heteroatoms. The Labute approximate surface area is 159 Å². The van der Waals surface area contributed by atoms with Crippen molar-refractivity contribution in [1.29, 1.82) is 0 Å². The number of amides is 1. The molecule has 0 aliphatic carbocycles. The highest BCUT2D eigenvalue weighted by Crippen LogP contribution is 2.29. The third-order valence-electron chi connectivity index (χ3n) is 4.23. The number of carbonyl (C=O) groups is 1. The lowest BCUT2D eigenvalue weighted by atomic mass is 10.1. The molecule has 3 aromatic carbocycles. The van der Waals surface area contributed by atoms with Gasteiger partial charge in [0.15, 0.2) is 6.61 Å². The van der Waals surface area contributed by atoms with Crippen LogP contribution in [0.15, 0.2) is 78.9 Å². The van der Waals surface area contributed by atoms with Gasteiger partial charge in [0.1, 0.15) is 11.5 Å². The van der Waals surface area contributed by atoms with Gasteiger partial charge in [-0.1, -0.05) is 60.7 Å². The summed E-state index contributed by atoms with van der Waals surface area (Å²) in [6, 6.07) is 25.6. The molecule has 0 heterocycles. The first-order chi connectivity index (χ1) is 13.3. The van der Waals surface area contributed by atoms with Gasteiger partial charge in [-0.05, 0) is 35.7 Å². The minimum atomic E-state index is -0.133. The van der Waals surface area contributed by atoms with Gasteiger partial charge in [-0.3, -0.25) is 4.79 Å². The van der Waals surface area contributed by atoms with Crippen LogP contribution < -0.4 is 14.8 Å². The summed E-state index contributed by atoms with van der Waals surface area (Å²) in [7, 11) is 1.64. The van der Waals surface area contributed by atoms with Crippen LogP contribution in [0, 0.1) is 0 Å². The molecule has 0 aliphatic rings. The molecule has 0 radical (unpaired) electrons. The third-order valence-corrected chi connectivity index (χ3v) is 4.23. The first-order valence-corrected chi connectivity index (χ1v) is 8.93. The molecule has 27 heavy (non-hydrogen) atoms. The largest absolute Gasteiger partial charge is 0.497 e. The van der Waals surface area contributed by atoms with Crippen LogP contribution in [0.1, 0.15) is 5.56 Å². The average molecular weight is 361 g/mol. The van der Waals surface area contributed by atoms with Gasteiger partial charge in [0.2, 0.25) is 0 Å². The van der Waals surface area contributed by atoms with E-state index < -0.39 is 0 Å². The van der Waals surface area contributed by atoms with Crippen molar-refractivity contribution in [2.45, 2.75) is 6.42 Å². The van der Waals surface area contributed by atoms with Crippen LogP contribution >= 0.6 is 0 Å². The molecule has 0 bridgehead atoms. The number of nitrogens with one attached hydrogen (secondary N) is 1. The lowest BCUT2D eigenvalue weighted by Gasteiger charge is -2.12. The van der Waals surface area contributed by atoms with E-state index in [1.165, 1.54) is 0 Å². The molecule has 3 aromatic rings. The quantitative estimate of drug-likeness (QED) is 0.657. The highest BCUT2D eigenvalue weighted by Gasteiger charge is 2.08. The molecule has 4 nitrogen and oxygen atoms in total. The van der Waals surface area contributed by atoms with E-state index >= 15 is 0 Å². The molecule has 0 saturated heterocycles. The van der Waals surface area contributed by atoms with E-state index in [4.69, 9.17) is 9.47 Å². The van der Waals surface area contributed by atoms with Crippen LogP contribution in [0.4, 0.5) is 0 Å². The van der Waals surface area contributed by atoms with Crippen LogP contribution in [-0.4, -0.2) is 26.2 Å². The van der Waals surface area contributed by atoms with Gasteiger partial charge in [0.25, 0.3) is 5.91 Å². The average Bonchev–Trinajstić information content (AvgIpc) is 2.73. The van der Waals surface area contributed by atoms with E-state index in [2.05, 4.69) is 5.32 Å². The Bertz CT molecular complexity index is 860. The number of benzene rings is 3. The van der Waals surface area contributed by atoms with Crippen molar-refractivity contribution in [2.75, 3.05) is 20.3 Å². The van der Waals surface area contributed by atoms with E-state index in [1.54, 1.807) is 7.11 Å². The van der Waals surface area contributed by atoms with Crippen LogP contribution in [0.3, 0.4) is 0 Å². The summed E-state index contributed by atoms with van der Waals surface area (Å²) in [5, 5.41) is 2.89. The third kappa shape index (κ3) is 5.35. The van der Waals surface area contributed by atoms with E-state index in [0.717, 1.165) is 28.9 Å². The van der Waals surface area contributed by atoms with E-state index in [-0.39, 0.29) is 12.5 Å². The van der Waals surface area contributed by atoms with Crippen molar-refractivity contribution < 1.29 is 14.3 Å². The van der Waals surface area contributed by atoms with Gasteiger partial charge < -0.3 is 14.8 Å². The highest BCUT2D eigenvalue weighted by atomic mass is 16.5. The van der Waals surface area contributed by atoms with E-state index in [1.807, 2.05) is 78.9 Å². The summed E-state index contributed by atoms with van der Waals surface area (Å²) < 4.78 is 10.9. The Balaban J connectivity index is 1.49. The van der Waals surface area contributed by atoms with Crippen LogP contribution in [0.2, 0.25) is 0 Å². The maximum atomic E-state index is 12.1. The summed E-state index contributed by atoms with van der Waals surface area (Å²) in [5.41, 5.74) is 3.18. The fourth-order valence-corrected chi connectivity index (χ4v) is 2.78. The predicted octanol–water partition coefficient (Wildman–Crippen LogP) is 4.10. The van der Waals surface area contributed by atoms with Crippen molar-refractivity contribution >= 4 is 5.91 Å². The Morgan fingerprint density at radius 1 is 0.889 bits per heavy atom. The maximum Gasteiger partial charge on any atom is 0.257 e. The summed E-state index contributed by atoms with van der Waals surface area (Å²) in [6.07, 6.45) is 0.760. The van der Waals surface area contributed by atoms with Gasteiger partial charge >= 0.3 is 0 Å². The number of para-hydroxylation sites is 1. The standard InChI is InChI=1S/C23H23NO3/c1-26-20-13-11-18(12-14-20)15-16-24-23(25)17-27-22-10-6-5-9-21(22)19-7-3-2-4-8-19/h2-14H,15-17H2,1H3,(H,24,25). The fourth-order valence-electron chi connectivity index (χ4n) is 2.78. The number of hydrogen-bond donors (Lipinski definition) is 1. The van der Waals surface area contributed by atoms with Gasteiger partial charge in [-0.25, -0.2) is 0 Å². The molecule has 0 saturated carbocycles. The fraction of sp³-hybridized carbons (Fsp3) is 0.174. The Hall–Kier alpha value is -3.27. The van der Waals surface area contributed by atoms with Gasteiger partial charge in [-0.15, -0.1) is 0 Å². The summed E-state index contributed by atoms with van der Waals surface area (Å²) in [6.45, 7) is 0.557. The SMILES string of the molecule is COc1ccc(CCNC(=O)COc2ccccc2-c2ccccc2)cc1. The molecule has 1 N–H and O–H groups in total. The predicted molar refractivity (Wildman–Crippen MR) is 107 cm³/mol. The molecule has 0 spiro atoms. The first kappa shape index (κ1) is 18.5. The number of hydrogen-bond acceptors (Lipinski definition) is 3. The van der Waals surface area contributed by atoms with E-state index in [0.29, 0.717) is 12.3 Å². The molecule has 0 aromatic heterocycles. The highest BCUT2D eigenvalue weighted by molar-refractivity contribution is 5.78. The lowest BCUT2D eigenvalue weighted by molar-refractivity contribution is -0.123. The Kier molecular flexibility index (Phi) is 6.47. The molecule has 0 atom stereocenters. The molecule has 0 unspecified atom stereocenters. The lowest BCUT2D eigenvalue weighted by Crippen LogP contribution is -2.30. The van der Waals surface area contributed by atoms with Crippen LogP contribution in [0.25, 0.3) is 11.1 Å². The monoisotopic (exact) mass is 361 g/mol. The Morgan fingerprint density at radius 3 is 2.33 bits per heavy atom. The zero-order chi connectivity index (χ0) is 18.9. The second kappa shape index (κ2) is 9.43. The maximum absolute atomic E-state index is 12.1. The van der Waals surface area contributed by atoms with Crippen LogP contribution in [-0.2, 0) is 11.2 Å². The molecule has 138 valence electrons. The Morgan fingerprint density at radius 2 is 1.59 bits per heavy atom. The number of carbonyl (C=O) groups excluding carboxylic acids is 1. The van der Waals surface area contributed by atoms with E-state index in [9.17, 15) is 4.79 Å². The molecule has 1 amide bonds. The normalized spacial score (nSPS) is 10.3. The number of methoxy groups -OCH3 is 1. The second-order valence-corrected chi connectivity index (χ2v) is 6.10. The van der Waals surface area contributed by atoms with Crippen molar-refractivity contribution in [2.24, 2.45) is 0 Å². The minimum absolute atomic E-state index is 0.00748. The zero-order valence-electron chi connectivity index (χ0n) is 15.4. The molecule has 0 aliphatic heterocycles. The van der Waals surface area contributed by atoms with Crippen molar-refractivity contribution in [3.8, 4) is 22.6 Å². The molecular weight excluding hydrogens is 338 g/mol. The second-order valence-electron chi connectivity index (χ2n) is 6.10. The first-order valence-electron chi connectivity index (χ1n) is 8.93. The number of rotatable bonds is 8. The molecule has 0 fully saturated rings. The summed E-state index contributed by atoms with van der Waals surface area (Å²) >= 11 is 0. The van der Waals surface area contributed by atoms with Crippen molar-refractivity contribution in [3.63, 3.8) is 0 Å². The summed E-state index contributed by atoms with van der Waals surface area (Å²) in [5.74, 6) is 1.40. The van der Waals surface area contributed by atoms with Gasteiger partial charge in [0, 0.05) is 12.1 Å². The topological polar surface area (TPSA) is 47.6 Å². The van der Waals surface area contributed by atoms with Crippen molar-refractivity contribution in [3.05, 3.63) is 84.4 Å². The minimum Gasteiger partial charge on any atom is -0.497 e. The van der Waals surface area contributed by atoms with Crippen LogP contribution in [0.5, 0.6) is 11.5 Å². The van der Waals surface area contributed by atoms with Gasteiger partial charge in [0.05, 0.1) is 7.11 Å². The van der Waals surface area contributed by atoms with Crippen molar-refractivity contribution in [1.82, 2.24) is 5.32 Å². The smallest absolute Gasteiger partial charge is 0.257 e.